The van der Waals surface area contributed by atoms with Crippen molar-refractivity contribution in [3.63, 3.8) is 0 Å². The van der Waals surface area contributed by atoms with Gasteiger partial charge in [0.15, 0.2) is 5.69 Å². The highest BCUT2D eigenvalue weighted by molar-refractivity contribution is 5.94. The van der Waals surface area contributed by atoms with E-state index in [1.54, 1.807) is 18.9 Å². The zero-order valence-corrected chi connectivity index (χ0v) is 17.1. The summed E-state index contributed by atoms with van der Waals surface area (Å²) in [5.41, 5.74) is -0.342. The van der Waals surface area contributed by atoms with E-state index in [-0.39, 0.29) is 17.9 Å². The van der Waals surface area contributed by atoms with Crippen LogP contribution in [0.15, 0.2) is 36.4 Å². The third-order valence-corrected chi connectivity index (χ3v) is 5.01. The molecule has 3 rings (SSSR count). The molecule has 0 radical (unpaired) electrons. The molecule has 164 valence electrons. The van der Waals surface area contributed by atoms with Crippen molar-refractivity contribution in [3.05, 3.63) is 62.2 Å². The molecule has 11 heteroatoms. The standard InChI is InChI=1S/C20H22N4O7/c1-3-31-20(25)14-12-17(23(26)27)19(18(13-14)24(28)29)22-10-8-21(9-11-22)15-4-6-16(30-2)7-5-15/h4-7,12-13H,3,8-11H2,1-2H3. The van der Waals surface area contributed by atoms with Gasteiger partial charge in [0.25, 0.3) is 0 Å². The molecule has 1 fully saturated rings. The van der Waals surface area contributed by atoms with Crippen LogP contribution < -0.4 is 14.5 Å². The minimum atomic E-state index is -0.843. The van der Waals surface area contributed by atoms with E-state index in [4.69, 9.17) is 9.47 Å². The van der Waals surface area contributed by atoms with E-state index in [1.807, 2.05) is 24.3 Å². The van der Waals surface area contributed by atoms with Gasteiger partial charge in [0.05, 0.1) is 29.1 Å². The molecule has 0 spiro atoms. The van der Waals surface area contributed by atoms with Gasteiger partial charge in [-0.25, -0.2) is 4.79 Å². The molecule has 31 heavy (non-hydrogen) atoms. The molecule has 0 bridgehead atoms. The molecular formula is C20H22N4O7. The number of esters is 1. The first kappa shape index (κ1) is 21.8. The number of benzene rings is 2. The Balaban J connectivity index is 1.90. The summed E-state index contributed by atoms with van der Waals surface area (Å²) in [5.74, 6) is -0.111. The summed E-state index contributed by atoms with van der Waals surface area (Å²) in [6.45, 7) is 3.34. The molecule has 1 heterocycles. The van der Waals surface area contributed by atoms with Crippen LogP contribution in [0.2, 0.25) is 0 Å². The number of hydrogen-bond donors (Lipinski definition) is 0. The second-order valence-electron chi connectivity index (χ2n) is 6.77. The Morgan fingerprint density at radius 3 is 1.94 bits per heavy atom. The molecule has 0 unspecified atom stereocenters. The molecule has 2 aromatic carbocycles. The molecule has 0 amide bonds. The maximum Gasteiger partial charge on any atom is 0.338 e. The van der Waals surface area contributed by atoms with Gasteiger partial charge in [0.1, 0.15) is 5.75 Å². The van der Waals surface area contributed by atoms with Crippen LogP contribution in [-0.4, -0.2) is 55.7 Å². The highest BCUT2D eigenvalue weighted by Gasteiger charge is 2.34. The number of carbonyl (C=O) groups excluding carboxylic acids is 1. The lowest BCUT2D eigenvalue weighted by Crippen LogP contribution is -2.46. The summed E-state index contributed by atoms with van der Waals surface area (Å²) in [5, 5.41) is 23.4. The SMILES string of the molecule is CCOC(=O)c1cc([N+](=O)[O-])c(N2CCN(c3ccc(OC)cc3)CC2)c([N+](=O)[O-])c1. The summed E-state index contributed by atoms with van der Waals surface area (Å²) in [6, 6.07) is 9.57. The van der Waals surface area contributed by atoms with E-state index >= 15 is 0 Å². The predicted octanol–water partition coefficient (Wildman–Crippen LogP) is 3.01. The first-order valence-electron chi connectivity index (χ1n) is 9.63. The van der Waals surface area contributed by atoms with E-state index < -0.39 is 27.2 Å². The summed E-state index contributed by atoms with van der Waals surface area (Å²) < 4.78 is 10.0. The molecule has 1 aliphatic rings. The lowest BCUT2D eigenvalue weighted by atomic mass is 10.1. The Bertz CT molecular complexity index is 951. The highest BCUT2D eigenvalue weighted by atomic mass is 16.6. The van der Waals surface area contributed by atoms with Crippen LogP contribution in [0, 0.1) is 20.2 Å². The van der Waals surface area contributed by atoms with Gasteiger partial charge >= 0.3 is 17.3 Å². The number of carbonyl (C=O) groups is 1. The van der Waals surface area contributed by atoms with E-state index in [0.717, 1.165) is 23.6 Å². The van der Waals surface area contributed by atoms with Gasteiger partial charge in [-0.2, -0.15) is 0 Å². The number of nitro benzene ring substituents is 2. The molecule has 0 aliphatic carbocycles. The number of nitrogens with zero attached hydrogens (tertiary/aromatic N) is 4. The van der Waals surface area contributed by atoms with E-state index in [2.05, 4.69) is 4.90 Å². The molecule has 0 N–H and O–H groups in total. The van der Waals surface area contributed by atoms with Gasteiger partial charge < -0.3 is 19.3 Å². The largest absolute Gasteiger partial charge is 0.497 e. The number of rotatable bonds is 7. The van der Waals surface area contributed by atoms with Crippen LogP contribution >= 0.6 is 0 Å². The molecule has 1 saturated heterocycles. The molecule has 0 saturated carbocycles. The van der Waals surface area contributed by atoms with Gasteiger partial charge in [-0.1, -0.05) is 0 Å². The van der Waals surface area contributed by atoms with Gasteiger partial charge in [-0.05, 0) is 31.2 Å². The minimum absolute atomic E-state index is 0.0511. The van der Waals surface area contributed by atoms with Crippen LogP contribution in [-0.2, 0) is 4.74 Å². The van der Waals surface area contributed by atoms with Crippen molar-refractivity contribution in [2.24, 2.45) is 0 Å². The Labute approximate surface area is 178 Å². The molecular weight excluding hydrogens is 408 g/mol. The van der Waals surface area contributed by atoms with Crippen LogP contribution in [0.4, 0.5) is 22.7 Å². The summed E-state index contributed by atoms with van der Waals surface area (Å²) >= 11 is 0. The number of hydrogen-bond acceptors (Lipinski definition) is 9. The third-order valence-electron chi connectivity index (χ3n) is 5.01. The average molecular weight is 430 g/mol. The summed E-state index contributed by atoms with van der Waals surface area (Å²) in [4.78, 5) is 37.7. The van der Waals surface area contributed by atoms with Crippen LogP contribution in [0.3, 0.4) is 0 Å². The van der Waals surface area contributed by atoms with Crippen molar-refractivity contribution in [2.75, 3.05) is 49.7 Å². The summed E-state index contributed by atoms with van der Waals surface area (Å²) in [7, 11) is 1.58. The number of methoxy groups -OCH3 is 1. The van der Waals surface area contributed by atoms with Crippen molar-refractivity contribution in [1.82, 2.24) is 0 Å². The first-order valence-corrected chi connectivity index (χ1v) is 9.63. The van der Waals surface area contributed by atoms with E-state index in [1.165, 1.54) is 0 Å². The van der Waals surface area contributed by atoms with Gasteiger partial charge in [-0.15, -0.1) is 0 Å². The zero-order valence-electron chi connectivity index (χ0n) is 17.1. The van der Waals surface area contributed by atoms with Crippen molar-refractivity contribution >= 4 is 28.7 Å². The predicted molar refractivity (Wildman–Crippen MR) is 113 cm³/mol. The minimum Gasteiger partial charge on any atom is -0.497 e. The van der Waals surface area contributed by atoms with Crippen molar-refractivity contribution in [2.45, 2.75) is 6.92 Å². The molecule has 11 nitrogen and oxygen atoms in total. The number of piperazine rings is 1. The normalized spacial score (nSPS) is 13.6. The fourth-order valence-corrected chi connectivity index (χ4v) is 3.52. The van der Waals surface area contributed by atoms with E-state index in [0.29, 0.717) is 26.2 Å². The molecule has 2 aromatic rings. The average Bonchev–Trinajstić information content (AvgIpc) is 2.78. The zero-order chi connectivity index (χ0) is 22.5. The molecule has 1 aliphatic heterocycles. The van der Waals surface area contributed by atoms with Crippen LogP contribution in [0.25, 0.3) is 0 Å². The number of anilines is 2. The second kappa shape index (κ2) is 9.28. The Hall–Kier alpha value is -3.89. The topological polar surface area (TPSA) is 128 Å². The quantitative estimate of drug-likeness (QED) is 0.370. The Kier molecular flexibility index (Phi) is 6.53. The Morgan fingerprint density at radius 2 is 1.48 bits per heavy atom. The highest BCUT2D eigenvalue weighted by Crippen LogP contribution is 2.39. The Morgan fingerprint density at radius 1 is 0.968 bits per heavy atom. The number of nitro groups is 2. The lowest BCUT2D eigenvalue weighted by molar-refractivity contribution is -0.392. The van der Waals surface area contributed by atoms with Crippen molar-refractivity contribution < 1.29 is 24.1 Å². The van der Waals surface area contributed by atoms with Gasteiger partial charge in [-0.3, -0.25) is 20.2 Å². The smallest absolute Gasteiger partial charge is 0.338 e. The summed E-state index contributed by atoms with van der Waals surface area (Å²) in [6.07, 6.45) is 0. The number of ether oxygens (including phenoxy) is 2. The van der Waals surface area contributed by atoms with Crippen molar-refractivity contribution in [1.29, 1.82) is 0 Å². The van der Waals surface area contributed by atoms with E-state index in [9.17, 15) is 25.0 Å². The molecule has 0 atom stereocenters. The fourth-order valence-electron chi connectivity index (χ4n) is 3.52. The maximum absolute atomic E-state index is 12.0. The third kappa shape index (κ3) is 4.65. The second-order valence-corrected chi connectivity index (χ2v) is 6.77. The molecule has 0 aromatic heterocycles. The fraction of sp³-hybridized carbons (Fsp3) is 0.350. The van der Waals surface area contributed by atoms with Gasteiger partial charge in [0.2, 0.25) is 0 Å². The van der Waals surface area contributed by atoms with Gasteiger partial charge in [0, 0.05) is 44.0 Å². The van der Waals surface area contributed by atoms with Crippen molar-refractivity contribution in [3.8, 4) is 5.75 Å². The van der Waals surface area contributed by atoms with Crippen LogP contribution in [0.1, 0.15) is 17.3 Å². The monoisotopic (exact) mass is 430 g/mol. The first-order chi connectivity index (χ1) is 14.8. The van der Waals surface area contributed by atoms with Crippen LogP contribution in [0.5, 0.6) is 5.75 Å². The lowest BCUT2D eigenvalue weighted by Gasteiger charge is -2.36. The maximum atomic E-state index is 12.0.